The molecule has 3 aromatic heterocycles. The van der Waals surface area contributed by atoms with Gasteiger partial charge in [-0.2, -0.15) is 0 Å². The van der Waals surface area contributed by atoms with Crippen molar-refractivity contribution in [2.75, 3.05) is 0 Å². The molecule has 0 aliphatic carbocycles. The second-order valence-corrected chi connectivity index (χ2v) is 10.2. The number of rotatable bonds is 2. The van der Waals surface area contributed by atoms with Gasteiger partial charge in [-0.15, -0.1) is 0 Å². The van der Waals surface area contributed by atoms with Crippen LogP contribution in [0.25, 0.3) is 82.6 Å². The lowest BCUT2D eigenvalue weighted by Crippen LogP contribution is -2.03. The zero-order valence-corrected chi connectivity index (χ0v) is 21.4. The molecular formula is C36H21N3O. The van der Waals surface area contributed by atoms with Crippen LogP contribution in [0.5, 0.6) is 0 Å². The van der Waals surface area contributed by atoms with E-state index in [9.17, 15) is 0 Å². The molecule has 3 heterocycles. The minimum Gasteiger partial charge on any atom is -0.455 e. The Morgan fingerprint density at radius 3 is 2.12 bits per heavy atom. The summed E-state index contributed by atoms with van der Waals surface area (Å²) in [5.74, 6) is 0.642. The summed E-state index contributed by atoms with van der Waals surface area (Å²) in [4.78, 5) is 10.4. The fraction of sp³-hybridized carbons (Fsp3) is 0. The van der Waals surface area contributed by atoms with Gasteiger partial charge in [-0.3, -0.25) is 4.57 Å². The number of hydrogen-bond donors (Lipinski definition) is 0. The molecule has 0 bridgehead atoms. The highest BCUT2D eigenvalue weighted by Gasteiger charge is 2.21. The maximum Gasteiger partial charge on any atom is 0.235 e. The van der Waals surface area contributed by atoms with E-state index >= 15 is 0 Å². The normalized spacial score (nSPS) is 12.0. The minimum atomic E-state index is 0.642. The first-order chi connectivity index (χ1) is 19.8. The van der Waals surface area contributed by atoms with Gasteiger partial charge in [0.2, 0.25) is 5.95 Å². The summed E-state index contributed by atoms with van der Waals surface area (Å²) < 4.78 is 8.74. The quantitative estimate of drug-likeness (QED) is 0.232. The lowest BCUT2D eigenvalue weighted by molar-refractivity contribution is 0.673. The molecule has 0 atom stereocenters. The standard InChI is InChI=1S/C36H21N3O/c1-2-10-22(11-3-1)34-27-15-6-8-16-29(27)37-36(38-34)39-30-19-18-26-25-14-7-9-17-32(25)40-35(26)33(30)28-20-23-12-4-5-13-24(23)21-31(28)39/h1-21H. The van der Waals surface area contributed by atoms with Gasteiger partial charge in [-0.1, -0.05) is 91.0 Å². The molecule has 4 nitrogen and oxygen atoms in total. The van der Waals surface area contributed by atoms with Gasteiger partial charge in [0, 0.05) is 27.1 Å². The predicted molar refractivity (Wildman–Crippen MR) is 164 cm³/mol. The average Bonchev–Trinajstić information content (AvgIpc) is 3.55. The average molecular weight is 512 g/mol. The zero-order chi connectivity index (χ0) is 26.2. The van der Waals surface area contributed by atoms with Crippen LogP contribution in [0.15, 0.2) is 132 Å². The number of furan rings is 1. The molecule has 0 radical (unpaired) electrons. The number of hydrogen-bond acceptors (Lipinski definition) is 3. The first kappa shape index (κ1) is 21.5. The molecule has 0 N–H and O–H groups in total. The molecular weight excluding hydrogens is 490 g/mol. The number of fused-ring (bicyclic) bond motifs is 9. The summed E-state index contributed by atoms with van der Waals surface area (Å²) in [6.07, 6.45) is 0. The van der Waals surface area contributed by atoms with Crippen LogP contribution in [0.1, 0.15) is 0 Å². The molecule has 0 aliphatic heterocycles. The molecule has 0 saturated carbocycles. The van der Waals surface area contributed by atoms with Crippen LogP contribution in [0.2, 0.25) is 0 Å². The molecule has 0 unspecified atom stereocenters. The molecule has 0 saturated heterocycles. The van der Waals surface area contributed by atoms with Crippen LogP contribution in [-0.4, -0.2) is 14.5 Å². The van der Waals surface area contributed by atoms with E-state index in [2.05, 4.69) is 102 Å². The highest BCUT2D eigenvalue weighted by molar-refractivity contribution is 6.25. The fourth-order valence-corrected chi connectivity index (χ4v) is 6.16. The van der Waals surface area contributed by atoms with Crippen molar-refractivity contribution in [2.45, 2.75) is 0 Å². The van der Waals surface area contributed by atoms with Crippen molar-refractivity contribution in [1.29, 1.82) is 0 Å². The Kier molecular flexibility index (Phi) is 4.30. The van der Waals surface area contributed by atoms with Crippen molar-refractivity contribution < 1.29 is 4.42 Å². The lowest BCUT2D eigenvalue weighted by atomic mass is 10.0. The van der Waals surface area contributed by atoms with E-state index < -0.39 is 0 Å². The maximum atomic E-state index is 6.54. The third-order valence-electron chi connectivity index (χ3n) is 7.98. The Morgan fingerprint density at radius 1 is 0.525 bits per heavy atom. The van der Waals surface area contributed by atoms with Crippen LogP contribution in [-0.2, 0) is 0 Å². The van der Waals surface area contributed by atoms with E-state index in [1.807, 2.05) is 30.3 Å². The lowest BCUT2D eigenvalue weighted by Gasteiger charge is -2.12. The monoisotopic (exact) mass is 511 g/mol. The molecule has 0 amide bonds. The SMILES string of the molecule is c1ccc(-c2nc(-n3c4cc5ccccc5cc4c4c5oc6ccccc6c5ccc43)nc3ccccc23)cc1. The summed E-state index contributed by atoms with van der Waals surface area (Å²) in [6, 6.07) is 44.2. The highest BCUT2D eigenvalue weighted by Crippen LogP contribution is 2.41. The van der Waals surface area contributed by atoms with Gasteiger partial charge >= 0.3 is 0 Å². The van der Waals surface area contributed by atoms with Gasteiger partial charge < -0.3 is 4.42 Å². The highest BCUT2D eigenvalue weighted by atomic mass is 16.3. The third-order valence-corrected chi connectivity index (χ3v) is 7.98. The first-order valence-corrected chi connectivity index (χ1v) is 13.4. The van der Waals surface area contributed by atoms with E-state index in [4.69, 9.17) is 14.4 Å². The fourth-order valence-electron chi connectivity index (χ4n) is 6.16. The first-order valence-electron chi connectivity index (χ1n) is 13.4. The van der Waals surface area contributed by atoms with E-state index in [0.29, 0.717) is 5.95 Å². The van der Waals surface area contributed by atoms with Gasteiger partial charge in [0.05, 0.1) is 27.6 Å². The van der Waals surface area contributed by atoms with Crippen molar-refractivity contribution in [3.8, 4) is 17.2 Å². The Balaban J connectivity index is 1.48. The van der Waals surface area contributed by atoms with Crippen LogP contribution in [0.3, 0.4) is 0 Å². The Hall–Kier alpha value is -5.48. The van der Waals surface area contributed by atoms with Crippen molar-refractivity contribution in [3.63, 3.8) is 0 Å². The second-order valence-electron chi connectivity index (χ2n) is 10.2. The topological polar surface area (TPSA) is 43.9 Å². The summed E-state index contributed by atoms with van der Waals surface area (Å²) in [5.41, 5.74) is 6.74. The predicted octanol–water partition coefficient (Wildman–Crippen LogP) is 9.45. The molecule has 9 aromatic rings. The molecule has 6 aromatic carbocycles. The zero-order valence-electron chi connectivity index (χ0n) is 21.4. The molecule has 186 valence electrons. The smallest absolute Gasteiger partial charge is 0.235 e. The van der Waals surface area contributed by atoms with Crippen molar-refractivity contribution in [3.05, 3.63) is 127 Å². The van der Waals surface area contributed by atoms with E-state index in [-0.39, 0.29) is 0 Å². The Labute approximate surface area is 228 Å². The van der Waals surface area contributed by atoms with Crippen LogP contribution < -0.4 is 0 Å². The summed E-state index contributed by atoms with van der Waals surface area (Å²) in [5, 5.41) is 7.82. The van der Waals surface area contributed by atoms with E-state index in [0.717, 1.165) is 65.9 Å². The largest absolute Gasteiger partial charge is 0.455 e. The van der Waals surface area contributed by atoms with Gasteiger partial charge in [0.1, 0.15) is 11.2 Å². The molecule has 0 fully saturated rings. The number of nitrogens with zero attached hydrogens (tertiary/aromatic N) is 3. The van der Waals surface area contributed by atoms with Crippen LogP contribution >= 0.6 is 0 Å². The van der Waals surface area contributed by atoms with Crippen LogP contribution in [0.4, 0.5) is 0 Å². The van der Waals surface area contributed by atoms with Gasteiger partial charge in [-0.25, -0.2) is 9.97 Å². The number of para-hydroxylation sites is 2. The summed E-state index contributed by atoms with van der Waals surface area (Å²) >= 11 is 0. The number of aromatic nitrogens is 3. The Bertz CT molecular complexity index is 2430. The Morgan fingerprint density at radius 2 is 1.25 bits per heavy atom. The molecule has 0 aliphatic rings. The second kappa shape index (κ2) is 8.01. The molecule has 4 heteroatoms. The summed E-state index contributed by atoms with van der Waals surface area (Å²) in [6.45, 7) is 0. The van der Waals surface area contributed by atoms with E-state index in [1.54, 1.807) is 0 Å². The van der Waals surface area contributed by atoms with Crippen molar-refractivity contribution in [2.24, 2.45) is 0 Å². The molecule has 0 spiro atoms. The maximum absolute atomic E-state index is 6.54. The molecule has 9 rings (SSSR count). The van der Waals surface area contributed by atoms with Gasteiger partial charge in [0.25, 0.3) is 0 Å². The van der Waals surface area contributed by atoms with E-state index in [1.165, 1.54) is 10.8 Å². The molecule has 40 heavy (non-hydrogen) atoms. The van der Waals surface area contributed by atoms with Crippen molar-refractivity contribution in [1.82, 2.24) is 14.5 Å². The minimum absolute atomic E-state index is 0.642. The van der Waals surface area contributed by atoms with Gasteiger partial charge in [0.15, 0.2) is 0 Å². The van der Waals surface area contributed by atoms with Gasteiger partial charge in [-0.05, 0) is 47.2 Å². The van der Waals surface area contributed by atoms with Crippen molar-refractivity contribution >= 4 is 65.4 Å². The number of benzene rings is 6. The summed E-state index contributed by atoms with van der Waals surface area (Å²) in [7, 11) is 0. The third kappa shape index (κ3) is 2.96. The van der Waals surface area contributed by atoms with Crippen LogP contribution in [0, 0.1) is 0 Å².